The van der Waals surface area contributed by atoms with Crippen LogP contribution < -0.4 is 0 Å². The minimum Gasteiger partial charge on any atom is -0.508 e. The van der Waals surface area contributed by atoms with Gasteiger partial charge in [-0.2, -0.15) is 0 Å². The van der Waals surface area contributed by atoms with Crippen LogP contribution in [0.25, 0.3) is 0 Å². The van der Waals surface area contributed by atoms with Crippen molar-refractivity contribution < 1.29 is 14.9 Å². The number of hydrogen-bond acceptors (Lipinski definition) is 5. The number of nitro benzene ring substituents is 1. The first-order valence-corrected chi connectivity index (χ1v) is 6.25. The molecule has 0 aliphatic heterocycles. The fraction of sp³-hybridized carbons (Fsp3) is 0.133. The lowest BCUT2D eigenvalue weighted by Gasteiger charge is -2.03. The molecule has 0 amide bonds. The molecule has 0 atom stereocenters. The molecule has 6 heteroatoms. The van der Waals surface area contributed by atoms with Gasteiger partial charge in [0.05, 0.1) is 10.6 Å². The highest BCUT2D eigenvalue weighted by molar-refractivity contribution is 5.98. The Bertz CT molecular complexity index is 666. The number of phenolic OH excluding ortho intramolecular Hbond substituents is 1. The zero-order chi connectivity index (χ0) is 15.2. The van der Waals surface area contributed by atoms with E-state index in [0.717, 1.165) is 11.1 Å². The van der Waals surface area contributed by atoms with Gasteiger partial charge in [-0.25, -0.2) is 0 Å². The van der Waals surface area contributed by atoms with Crippen LogP contribution in [0.4, 0.5) is 5.69 Å². The van der Waals surface area contributed by atoms with Crippen molar-refractivity contribution in [3.05, 3.63) is 69.8 Å². The first kappa shape index (κ1) is 14.5. The molecule has 0 bridgehead atoms. The standard InChI is InChI=1S/C15H14N2O4/c1-11(13-3-2-4-15(18)9-13)16-21-10-12-5-7-14(8-6-12)17(19)20/h2-9,18H,10H2,1H3. The molecule has 2 rings (SSSR count). The molecule has 0 aliphatic carbocycles. The van der Waals surface area contributed by atoms with Crippen molar-refractivity contribution in [2.24, 2.45) is 5.16 Å². The zero-order valence-corrected chi connectivity index (χ0v) is 11.4. The fourth-order valence-corrected chi connectivity index (χ4v) is 1.70. The highest BCUT2D eigenvalue weighted by Gasteiger charge is 2.04. The molecule has 108 valence electrons. The number of hydrogen-bond donors (Lipinski definition) is 1. The Morgan fingerprint density at radius 2 is 2.00 bits per heavy atom. The van der Waals surface area contributed by atoms with Crippen molar-refractivity contribution in [3.8, 4) is 5.75 Å². The molecule has 0 fully saturated rings. The maximum Gasteiger partial charge on any atom is 0.269 e. The number of non-ortho nitro benzene ring substituents is 1. The predicted octanol–water partition coefficient (Wildman–Crippen LogP) is 3.24. The van der Waals surface area contributed by atoms with Crippen molar-refractivity contribution >= 4 is 11.4 Å². The van der Waals surface area contributed by atoms with Gasteiger partial charge in [-0.05, 0) is 36.8 Å². The average Bonchev–Trinajstić information content (AvgIpc) is 2.47. The summed E-state index contributed by atoms with van der Waals surface area (Å²) in [5.74, 6) is 0.164. The summed E-state index contributed by atoms with van der Waals surface area (Å²) >= 11 is 0. The Morgan fingerprint density at radius 3 is 2.62 bits per heavy atom. The molecule has 0 aliphatic rings. The SMILES string of the molecule is CC(=NOCc1ccc([N+](=O)[O-])cc1)c1cccc(O)c1. The smallest absolute Gasteiger partial charge is 0.269 e. The van der Waals surface area contributed by atoms with Crippen LogP contribution in [0.15, 0.2) is 53.7 Å². The third-order valence-electron chi connectivity index (χ3n) is 2.84. The van der Waals surface area contributed by atoms with Crippen molar-refractivity contribution in [1.29, 1.82) is 0 Å². The molecule has 0 unspecified atom stereocenters. The molecular formula is C15H14N2O4. The van der Waals surface area contributed by atoms with Crippen molar-refractivity contribution in [1.82, 2.24) is 0 Å². The van der Waals surface area contributed by atoms with E-state index in [2.05, 4.69) is 5.16 Å². The van der Waals surface area contributed by atoms with Crippen LogP contribution in [0.2, 0.25) is 0 Å². The summed E-state index contributed by atoms with van der Waals surface area (Å²) in [4.78, 5) is 15.3. The second-order valence-corrected chi connectivity index (χ2v) is 4.42. The maximum absolute atomic E-state index is 10.5. The van der Waals surface area contributed by atoms with Gasteiger partial charge < -0.3 is 9.94 Å². The van der Waals surface area contributed by atoms with Crippen molar-refractivity contribution in [2.75, 3.05) is 0 Å². The predicted molar refractivity (Wildman–Crippen MR) is 78.2 cm³/mol. The molecule has 21 heavy (non-hydrogen) atoms. The van der Waals surface area contributed by atoms with Gasteiger partial charge in [0.15, 0.2) is 0 Å². The number of oxime groups is 1. The van der Waals surface area contributed by atoms with E-state index in [4.69, 9.17) is 4.84 Å². The van der Waals surface area contributed by atoms with Crippen LogP contribution in [0.1, 0.15) is 18.1 Å². The van der Waals surface area contributed by atoms with Gasteiger partial charge in [0, 0.05) is 17.7 Å². The molecule has 0 radical (unpaired) electrons. The van der Waals surface area contributed by atoms with E-state index in [1.807, 2.05) is 6.07 Å². The van der Waals surface area contributed by atoms with Gasteiger partial charge in [-0.15, -0.1) is 0 Å². The van der Waals surface area contributed by atoms with Gasteiger partial charge in [0.1, 0.15) is 12.4 Å². The normalized spacial score (nSPS) is 11.2. The molecule has 0 aromatic heterocycles. The lowest BCUT2D eigenvalue weighted by atomic mass is 10.1. The molecule has 0 saturated heterocycles. The van der Waals surface area contributed by atoms with Crippen molar-refractivity contribution in [2.45, 2.75) is 13.5 Å². The minimum absolute atomic E-state index is 0.0400. The monoisotopic (exact) mass is 286 g/mol. The van der Waals surface area contributed by atoms with Gasteiger partial charge in [0.25, 0.3) is 5.69 Å². The number of nitrogens with zero attached hydrogens (tertiary/aromatic N) is 2. The van der Waals surface area contributed by atoms with Crippen molar-refractivity contribution in [3.63, 3.8) is 0 Å². The fourth-order valence-electron chi connectivity index (χ4n) is 1.70. The third kappa shape index (κ3) is 4.04. The summed E-state index contributed by atoms with van der Waals surface area (Å²) in [6.45, 7) is 1.98. The topological polar surface area (TPSA) is 85.0 Å². The van der Waals surface area contributed by atoms with Crippen LogP contribution in [0.5, 0.6) is 5.75 Å². The zero-order valence-electron chi connectivity index (χ0n) is 11.4. The van der Waals surface area contributed by atoms with E-state index in [1.54, 1.807) is 37.3 Å². The second kappa shape index (κ2) is 6.51. The van der Waals surface area contributed by atoms with E-state index >= 15 is 0 Å². The molecule has 6 nitrogen and oxygen atoms in total. The lowest BCUT2D eigenvalue weighted by Crippen LogP contribution is -1.97. The van der Waals surface area contributed by atoms with E-state index in [9.17, 15) is 15.2 Å². The molecule has 2 aromatic carbocycles. The van der Waals surface area contributed by atoms with E-state index < -0.39 is 4.92 Å². The number of phenols is 1. The Morgan fingerprint density at radius 1 is 1.29 bits per heavy atom. The van der Waals surface area contributed by atoms with E-state index in [0.29, 0.717) is 5.71 Å². The first-order chi connectivity index (χ1) is 10.1. The lowest BCUT2D eigenvalue weighted by molar-refractivity contribution is -0.384. The summed E-state index contributed by atoms with van der Waals surface area (Å²) < 4.78 is 0. The summed E-state index contributed by atoms with van der Waals surface area (Å²) in [6.07, 6.45) is 0. The Kier molecular flexibility index (Phi) is 4.50. The Labute approximate surface area is 121 Å². The highest BCUT2D eigenvalue weighted by Crippen LogP contribution is 2.14. The molecule has 0 heterocycles. The highest BCUT2D eigenvalue weighted by atomic mass is 16.6. The summed E-state index contributed by atoms with van der Waals surface area (Å²) in [5.41, 5.74) is 2.22. The van der Waals surface area contributed by atoms with Crippen LogP contribution >= 0.6 is 0 Å². The van der Waals surface area contributed by atoms with Gasteiger partial charge >= 0.3 is 0 Å². The quantitative estimate of drug-likeness (QED) is 0.519. The number of benzene rings is 2. The summed E-state index contributed by atoms with van der Waals surface area (Å²) in [5, 5.41) is 23.9. The van der Waals surface area contributed by atoms with Crippen LogP contribution in [0, 0.1) is 10.1 Å². The molecule has 0 spiro atoms. The number of nitro groups is 1. The molecule has 1 N–H and O–H groups in total. The molecule has 2 aromatic rings. The minimum atomic E-state index is -0.450. The number of aromatic hydroxyl groups is 1. The average molecular weight is 286 g/mol. The van der Waals surface area contributed by atoms with Crippen LogP contribution in [-0.2, 0) is 11.4 Å². The van der Waals surface area contributed by atoms with E-state index in [-0.39, 0.29) is 18.0 Å². The molecular weight excluding hydrogens is 272 g/mol. The van der Waals surface area contributed by atoms with Crippen LogP contribution in [-0.4, -0.2) is 15.7 Å². The second-order valence-electron chi connectivity index (χ2n) is 4.42. The summed E-state index contributed by atoms with van der Waals surface area (Å²) in [6, 6.07) is 12.8. The molecule has 0 saturated carbocycles. The number of rotatable bonds is 5. The van der Waals surface area contributed by atoms with E-state index in [1.165, 1.54) is 12.1 Å². The summed E-state index contributed by atoms with van der Waals surface area (Å²) in [7, 11) is 0. The van der Waals surface area contributed by atoms with Gasteiger partial charge in [-0.1, -0.05) is 17.3 Å². The van der Waals surface area contributed by atoms with Gasteiger partial charge in [-0.3, -0.25) is 10.1 Å². The van der Waals surface area contributed by atoms with Gasteiger partial charge in [0.2, 0.25) is 0 Å². The Hall–Kier alpha value is -2.89. The largest absolute Gasteiger partial charge is 0.508 e. The Balaban J connectivity index is 1.96. The third-order valence-corrected chi connectivity index (χ3v) is 2.84. The maximum atomic E-state index is 10.5. The van der Waals surface area contributed by atoms with Crippen LogP contribution in [0.3, 0.4) is 0 Å². The first-order valence-electron chi connectivity index (χ1n) is 6.25.